The van der Waals surface area contributed by atoms with Crippen LogP contribution in [-0.4, -0.2) is 44.0 Å². The highest BCUT2D eigenvalue weighted by molar-refractivity contribution is 5.97. The standard InChI is InChI=1S/C26H31N3O4/c1-18(30)27-13-3-4-25(32)29-17-26(11-14-33-15-12-26)23-16-21(7-10-24(23)29)20-5-8-22(9-6-20)28-19(2)31/h5-10,16H,3-4,11-15,17H2,1-2H3,(H,27,30)(H,28,31). The summed E-state index contributed by atoms with van der Waals surface area (Å²) in [5.41, 5.74) is 5.03. The molecule has 1 saturated heterocycles. The molecule has 2 aliphatic rings. The molecule has 0 atom stereocenters. The number of carbonyl (C=O) groups excluding carboxylic acids is 3. The van der Waals surface area contributed by atoms with Crippen LogP contribution >= 0.6 is 0 Å². The first-order valence-electron chi connectivity index (χ1n) is 11.5. The van der Waals surface area contributed by atoms with Crippen LogP contribution in [0.1, 0.15) is 45.1 Å². The van der Waals surface area contributed by atoms with Crippen molar-refractivity contribution in [3.63, 3.8) is 0 Å². The number of nitrogens with zero attached hydrogens (tertiary/aromatic N) is 1. The van der Waals surface area contributed by atoms with Gasteiger partial charge in [-0.05, 0) is 60.2 Å². The zero-order chi connectivity index (χ0) is 23.4. The van der Waals surface area contributed by atoms with Crippen molar-refractivity contribution >= 4 is 29.1 Å². The van der Waals surface area contributed by atoms with Crippen LogP contribution in [0.15, 0.2) is 42.5 Å². The third-order valence-electron chi connectivity index (χ3n) is 6.55. The summed E-state index contributed by atoms with van der Waals surface area (Å²) in [5.74, 6) is -0.0753. The van der Waals surface area contributed by atoms with Gasteiger partial charge in [0.25, 0.3) is 0 Å². The normalized spacial score (nSPS) is 16.4. The molecule has 2 aromatic rings. The summed E-state index contributed by atoms with van der Waals surface area (Å²) in [6.07, 6.45) is 2.80. The Morgan fingerprint density at radius 3 is 2.33 bits per heavy atom. The molecular weight excluding hydrogens is 418 g/mol. The molecule has 7 heteroatoms. The topological polar surface area (TPSA) is 87.7 Å². The van der Waals surface area contributed by atoms with Crippen LogP contribution in [0.4, 0.5) is 11.4 Å². The monoisotopic (exact) mass is 449 g/mol. The average Bonchev–Trinajstić information content (AvgIpc) is 3.10. The van der Waals surface area contributed by atoms with E-state index in [-0.39, 0.29) is 23.1 Å². The summed E-state index contributed by atoms with van der Waals surface area (Å²) in [7, 11) is 0. The predicted molar refractivity (Wildman–Crippen MR) is 128 cm³/mol. The number of hydrogen-bond acceptors (Lipinski definition) is 4. The molecule has 2 N–H and O–H groups in total. The van der Waals surface area contributed by atoms with Crippen LogP contribution in [0.5, 0.6) is 0 Å². The first kappa shape index (κ1) is 23.0. The number of hydrogen-bond donors (Lipinski definition) is 2. The van der Waals surface area contributed by atoms with Gasteiger partial charge in [0.05, 0.1) is 0 Å². The van der Waals surface area contributed by atoms with Crippen molar-refractivity contribution in [3.8, 4) is 11.1 Å². The molecule has 0 aromatic heterocycles. The fraction of sp³-hybridized carbons (Fsp3) is 0.423. The van der Waals surface area contributed by atoms with Gasteiger partial charge in [-0.1, -0.05) is 18.2 Å². The number of ether oxygens (including phenoxy) is 1. The van der Waals surface area contributed by atoms with E-state index in [9.17, 15) is 14.4 Å². The van der Waals surface area contributed by atoms with Crippen molar-refractivity contribution in [1.82, 2.24) is 5.32 Å². The quantitative estimate of drug-likeness (QED) is 0.660. The van der Waals surface area contributed by atoms with Crippen molar-refractivity contribution in [3.05, 3.63) is 48.0 Å². The van der Waals surface area contributed by atoms with Crippen LogP contribution in [0.2, 0.25) is 0 Å². The zero-order valence-corrected chi connectivity index (χ0v) is 19.3. The first-order valence-corrected chi connectivity index (χ1v) is 11.5. The molecule has 4 rings (SSSR count). The molecule has 174 valence electrons. The average molecular weight is 450 g/mol. The molecule has 0 radical (unpaired) electrons. The van der Waals surface area contributed by atoms with Gasteiger partial charge in [0, 0.05) is 63.4 Å². The molecule has 0 bridgehead atoms. The highest BCUT2D eigenvalue weighted by atomic mass is 16.5. The maximum atomic E-state index is 13.1. The molecule has 2 aliphatic heterocycles. The summed E-state index contributed by atoms with van der Waals surface area (Å²) < 4.78 is 5.65. The minimum atomic E-state index is -0.0939. The fourth-order valence-corrected chi connectivity index (χ4v) is 4.85. The molecule has 0 aliphatic carbocycles. The summed E-state index contributed by atoms with van der Waals surface area (Å²) >= 11 is 0. The van der Waals surface area contributed by atoms with E-state index in [2.05, 4.69) is 28.8 Å². The number of nitrogens with one attached hydrogen (secondary N) is 2. The Balaban J connectivity index is 1.59. The lowest BCUT2D eigenvalue weighted by molar-refractivity contribution is -0.120. The van der Waals surface area contributed by atoms with Crippen LogP contribution in [-0.2, 0) is 24.5 Å². The summed E-state index contributed by atoms with van der Waals surface area (Å²) in [4.78, 5) is 37.4. The molecule has 0 saturated carbocycles. The molecule has 7 nitrogen and oxygen atoms in total. The number of amides is 3. The summed E-state index contributed by atoms with van der Waals surface area (Å²) in [6, 6.07) is 14.1. The second kappa shape index (κ2) is 9.75. The summed E-state index contributed by atoms with van der Waals surface area (Å²) in [6.45, 7) is 5.55. The van der Waals surface area contributed by atoms with Crippen molar-refractivity contribution in [2.75, 3.05) is 36.5 Å². The highest BCUT2D eigenvalue weighted by Crippen LogP contribution is 2.48. The minimum Gasteiger partial charge on any atom is -0.381 e. The van der Waals surface area contributed by atoms with Crippen molar-refractivity contribution in [2.45, 2.75) is 44.9 Å². The van der Waals surface area contributed by atoms with Gasteiger partial charge < -0.3 is 20.3 Å². The number of rotatable bonds is 6. The van der Waals surface area contributed by atoms with Gasteiger partial charge in [-0.15, -0.1) is 0 Å². The van der Waals surface area contributed by atoms with E-state index in [0.29, 0.717) is 39.1 Å². The van der Waals surface area contributed by atoms with E-state index in [0.717, 1.165) is 35.3 Å². The van der Waals surface area contributed by atoms with E-state index >= 15 is 0 Å². The number of carbonyl (C=O) groups is 3. The Morgan fingerprint density at radius 1 is 0.970 bits per heavy atom. The lowest BCUT2D eigenvalue weighted by Gasteiger charge is -2.34. The lowest BCUT2D eigenvalue weighted by atomic mass is 9.75. The van der Waals surface area contributed by atoms with E-state index in [1.54, 1.807) is 0 Å². The molecule has 0 unspecified atom stereocenters. The highest BCUT2D eigenvalue weighted by Gasteiger charge is 2.45. The molecule has 3 amide bonds. The molecule has 1 fully saturated rings. The predicted octanol–water partition coefficient (Wildman–Crippen LogP) is 3.62. The van der Waals surface area contributed by atoms with Gasteiger partial charge in [-0.3, -0.25) is 14.4 Å². The largest absolute Gasteiger partial charge is 0.381 e. The van der Waals surface area contributed by atoms with Crippen LogP contribution in [0.25, 0.3) is 11.1 Å². The summed E-state index contributed by atoms with van der Waals surface area (Å²) in [5, 5.41) is 5.55. The maximum absolute atomic E-state index is 13.1. The Bertz CT molecular complexity index is 1040. The Hall–Kier alpha value is -3.19. The smallest absolute Gasteiger partial charge is 0.227 e. The Kier molecular flexibility index (Phi) is 6.79. The van der Waals surface area contributed by atoms with E-state index in [1.807, 2.05) is 29.2 Å². The fourth-order valence-electron chi connectivity index (χ4n) is 4.85. The second-order valence-corrected chi connectivity index (χ2v) is 8.95. The van der Waals surface area contributed by atoms with E-state index in [1.165, 1.54) is 19.4 Å². The molecule has 33 heavy (non-hydrogen) atoms. The number of benzene rings is 2. The van der Waals surface area contributed by atoms with Crippen molar-refractivity contribution in [1.29, 1.82) is 0 Å². The van der Waals surface area contributed by atoms with Gasteiger partial charge >= 0.3 is 0 Å². The first-order chi connectivity index (χ1) is 15.9. The van der Waals surface area contributed by atoms with Gasteiger partial charge in [-0.25, -0.2) is 0 Å². The molecular formula is C26H31N3O4. The van der Waals surface area contributed by atoms with E-state index in [4.69, 9.17) is 4.74 Å². The zero-order valence-electron chi connectivity index (χ0n) is 19.3. The van der Waals surface area contributed by atoms with Crippen LogP contribution < -0.4 is 15.5 Å². The van der Waals surface area contributed by atoms with Gasteiger partial charge in [0.1, 0.15) is 0 Å². The number of anilines is 2. The Labute approximate surface area is 194 Å². The molecule has 1 spiro atoms. The Morgan fingerprint density at radius 2 is 1.67 bits per heavy atom. The molecule has 2 aromatic carbocycles. The maximum Gasteiger partial charge on any atom is 0.227 e. The van der Waals surface area contributed by atoms with Crippen LogP contribution in [0, 0.1) is 0 Å². The van der Waals surface area contributed by atoms with Crippen molar-refractivity contribution in [2.24, 2.45) is 0 Å². The van der Waals surface area contributed by atoms with Gasteiger partial charge in [0.2, 0.25) is 17.7 Å². The molecule has 2 heterocycles. The third kappa shape index (κ3) is 5.09. The SMILES string of the molecule is CC(=O)NCCCC(=O)N1CC2(CCOCC2)c2cc(-c3ccc(NC(C)=O)cc3)ccc21. The number of fused-ring (bicyclic) bond motifs is 2. The minimum absolute atomic E-state index is 0.0761. The lowest BCUT2D eigenvalue weighted by Crippen LogP contribution is -2.40. The van der Waals surface area contributed by atoms with Crippen molar-refractivity contribution < 1.29 is 19.1 Å². The van der Waals surface area contributed by atoms with E-state index < -0.39 is 0 Å². The third-order valence-corrected chi connectivity index (χ3v) is 6.55. The van der Waals surface area contributed by atoms with Gasteiger partial charge in [0.15, 0.2) is 0 Å². The van der Waals surface area contributed by atoms with Crippen LogP contribution in [0.3, 0.4) is 0 Å². The van der Waals surface area contributed by atoms with Gasteiger partial charge in [-0.2, -0.15) is 0 Å². The second-order valence-electron chi connectivity index (χ2n) is 8.95.